The zero-order valence-corrected chi connectivity index (χ0v) is 32.4. The van der Waals surface area contributed by atoms with Crippen molar-refractivity contribution < 1.29 is 0 Å². The lowest BCUT2D eigenvalue weighted by molar-refractivity contribution is 0.601. The van der Waals surface area contributed by atoms with Gasteiger partial charge in [-0.15, -0.1) is 0 Å². The first kappa shape index (κ1) is 32.9. The summed E-state index contributed by atoms with van der Waals surface area (Å²) in [5, 5.41) is 5.32. The first-order valence-electron chi connectivity index (χ1n) is 19.5. The fourth-order valence-electron chi connectivity index (χ4n) is 10.1. The number of hydrogen-bond acceptors (Lipinski definition) is 0. The normalized spacial score (nSPS) is 14.9. The first-order chi connectivity index (χ1) is 25.9. The summed E-state index contributed by atoms with van der Waals surface area (Å²) in [6, 6.07) is 57.5. The van der Waals surface area contributed by atoms with Crippen LogP contribution in [0.2, 0.25) is 0 Å². The maximum atomic E-state index is 2.46. The van der Waals surface area contributed by atoms with Crippen LogP contribution < -0.4 is 0 Å². The van der Waals surface area contributed by atoms with E-state index < -0.39 is 0 Å². The Hall–Kier alpha value is -5.72. The molecule has 10 rings (SSSR count). The lowest BCUT2D eigenvalue weighted by atomic mass is 9.78. The van der Waals surface area contributed by atoms with E-state index in [9.17, 15) is 0 Å². The molecule has 54 heavy (non-hydrogen) atoms. The molecule has 2 aliphatic rings. The third-order valence-corrected chi connectivity index (χ3v) is 12.8. The van der Waals surface area contributed by atoms with Gasteiger partial charge in [0.15, 0.2) is 0 Å². The second-order valence-corrected chi connectivity index (χ2v) is 17.7. The highest BCUT2D eigenvalue weighted by Gasteiger charge is 2.37. The molecule has 0 amide bonds. The quantitative estimate of drug-likeness (QED) is 0.162. The molecule has 0 spiro atoms. The number of hydrogen-bond donors (Lipinski definition) is 0. The predicted octanol–water partition coefficient (Wildman–Crippen LogP) is 14.9. The van der Waals surface area contributed by atoms with Crippen molar-refractivity contribution in [3.63, 3.8) is 0 Å². The van der Waals surface area contributed by atoms with Gasteiger partial charge in [0.2, 0.25) is 0 Å². The molecule has 0 atom stereocenters. The van der Waals surface area contributed by atoms with Crippen LogP contribution in [0.3, 0.4) is 0 Å². The number of rotatable bonds is 3. The number of benzene rings is 8. The minimum Gasteiger partial charge on any atom is -0.0619 e. The molecule has 0 heteroatoms. The van der Waals surface area contributed by atoms with Crippen LogP contribution in [0, 0.1) is 0 Å². The molecule has 8 aromatic carbocycles. The highest BCUT2D eigenvalue weighted by atomic mass is 14.4. The van der Waals surface area contributed by atoms with E-state index in [1.54, 1.807) is 0 Å². The summed E-state index contributed by atoms with van der Waals surface area (Å²) in [4.78, 5) is 0. The summed E-state index contributed by atoms with van der Waals surface area (Å²) in [7, 11) is 0. The van der Waals surface area contributed by atoms with Crippen molar-refractivity contribution >= 4 is 21.5 Å². The molecule has 0 fully saturated rings. The van der Waals surface area contributed by atoms with Crippen LogP contribution in [0.5, 0.6) is 0 Å². The van der Waals surface area contributed by atoms with Crippen LogP contribution in [-0.4, -0.2) is 0 Å². The van der Waals surface area contributed by atoms with Gasteiger partial charge in [0.05, 0.1) is 0 Å². The molecule has 0 saturated carbocycles. The second-order valence-electron chi connectivity index (χ2n) is 17.7. The van der Waals surface area contributed by atoms with E-state index in [2.05, 4.69) is 200 Å². The minimum absolute atomic E-state index is 0.0137. The van der Waals surface area contributed by atoms with E-state index in [-0.39, 0.29) is 16.2 Å². The lowest BCUT2D eigenvalue weighted by Crippen LogP contribution is -2.15. The standard InChI is InChI=1S/C54H46/c1-52(2,3)51-44-20-10-8-18-42(44)50(43-19-9-11-21-45(43)51)37-16-14-15-33(29-37)34-23-27-40-41-28-25-36(32-49(41)54(6,7)48(40)30-34)35-24-26-39-38-17-12-13-22-46(38)53(4,5)47(39)31-35/h8-32H,1-7H3. The summed E-state index contributed by atoms with van der Waals surface area (Å²) in [5.41, 5.74) is 20.0. The molecule has 0 aromatic heterocycles. The van der Waals surface area contributed by atoms with Crippen LogP contribution in [-0.2, 0) is 16.2 Å². The van der Waals surface area contributed by atoms with Crippen molar-refractivity contribution in [1.29, 1.82) is 0 Å². The Morgan fingerprint density at radius 2 is 0.722 bits per heavy atom. The van der Waals surface area contributed by atoms with Crippen LogP contribution in [0.4, 0.5) is 0 Å². The molecule has 2 aliphatic carbocycles. The molecular weight excluding hydrogens is 649 g/mol. The van der Waals surface area contributed by atoms with Gasteiger partial charge in [-0.25, -0.2) is 0 Å². The van der Waals surface area contributed by atoms with Gasteiger partial charge in [-0.1, -0.05) is 176 Å². The van der Waals surface area contributed by atoms with E-state index in [1.807, 2.05) is 0 Å². The van der Waals surface area contributed by atoms with Gasteiger partial charge >= 0.3 is 0 Å². The molecule has 8 aromatic rings. The fourth-order valence-corrected chi connectivity index (χ4v) is 10.1. The van der Waals surface area contributed by atoms with Crippen molar-refractivity contribution in [2.45, 2.75) is 64.7 Å². The van der Waals surface area contributed by atoms with Crippen molar-refractivity contribution in [2.24, 2.45) is 0 Å². The highest BCUT2D eigenvalue weighted by molar-refractivity contribution is 6.15. The fraction of sp³-hybridized carbons (Fsp3) is 0.185. The topological polar surface area (TPSA) is 0 Å². The van der Waals surface area contributed by atoms with Gasteiger partial charge in [0.1, 0.15) is 0 Å². The van der Waals surface area contributed by atoms with Crippen LogP contribution >= 0.6 is 0 Å². The molecule has 262 valence electrons. The Bertz CT molecular complexity index is 2790. The Kier molecular flexibility index (Phi) is 6.94. The second kappa shape index (κ2) is 11.4. The molecule has 0 unspecified atom stereocenters. The largest absolute Gasteiger partial charge is 0.0619 e. The van der Waals surface area contributed by atoms with Gasteiger partial charge in [-0.2, -0.15) is 0 Å². The maximum absolute atomic E-state index is 2.46. The molecule has 0 nitrogen and oxygen atoms in total. The molecular formula is C54H46. The Morgan fingerprint density at radius 1 is 0.333 bits per heavy atom. The van der Waals surface area contributed by atoms with Crippen LogP contribution in [0.15, 0.2) is 152 Å². The van der Waals surface area contributed by atoms with Gasteiger partial charge in [-0.05, 0) is 135 Å². The number of fused-ring (bicyclic) bond motifs is 8. The van der Waals surface area contributed by atoms with E-state index in [0.717, 1.165) is 0 Å². The van der Waals surface area contributed by atoms with E-state index in [1.165, 1.54) is 105 Å². The minimum atomic E-state index is -0.129. The summed E-state index contributed by atoms with van der Waals surface area (Å²) in [5.74, 6) is 0. The Labute approximate surface area is 320 Å². The molecule has 0 N–H and O–H groups in total. The van der Waals surface area contributed by atoms with Gasteiger partial charge in [-0.3, -0.25) is 0 Å². The predicted molar refractivity (Wildman–Crippen MR) is 232 cm³/mol. The smallest absolute Gasteiger partial charge is 0.0159 e. The van der Waals surface area contributed by atoms with E-state index in [0.29, 0.717) is 0 Å². The zero-order chi connectivity index (χ0) is 37.1. The summed E-state index contributed by atoms with van der Waals surface area (Å²) in [6.45, 7) is 16.5. The summed E-state index contributed by atoms with van der Waals surface area (Å²) >= 11 is 0. The van der Waals surface area contributed by atoms with Crippen molar-refractivity contribution in [3.8, 4) is 55.6 Å². The van der Waals surface area contributed by atoms with Crippen LogP contribution in [0.1, 0.15) is 76.3 Å². The highest BCUT2D eigenvalue weighted by Crippen LogP contribution is 2.53. The molecule has 0 radical (unpaired) electrons. The molecule has 0 saturated heterocycles. The molecule has 0 bridgehead atoms. The van der Waals surface area contributed by atoms with Gasteiger partial charge in [0.25, 0.3) is 0 Å². The third-order valence-electron chi connectivity index (χ3n) is 12.8. The lowest BCUT2D eigenvalue weighted by Gasteiger charge is -2.26. The van der Waals surface area contributed by atoms with E-state index in [4.69, 9.17) is 0 Å². The summed E-state index contributed by atoms with van der Waals surface area (Å²) in [6.07, 6.45) is 0. The Balaban J connectivity index is 1.05. The SMILES string of the molecule is CC(C)(C)c1c2ccccc2c(-c2cccc(-c3ccc4c(c3)C(C)(C)c3cc(-c5ccc6c(c5)C(C)(C)c5ccccc5-6)ccc3-4)c2)c2ccccc12. The molecule has 0 aliphatic heterocycles. The average molecular weight is 695 g/mol. The van der Waals surface area contributed by atoms with Gasteiger partial charge < -0.3 is 0 Å². The van der Waals surface area contributed by atoms with Crippen LogP contribution in [0.25, 0.3) is 77.2 Å². The Morgan fingerprint density at radius 3 is 1.22 bits per heavy atom. The van der Waals surface area contributed by atoms with E-state index >= 15 is 0 Å². The average Bonchev–Trinajstić information content (AvgIpc) is 3.55. The van der Waals surface area contributed by atoms with Crippen molar-refractivity contribution in [1.82, 2.24) is 0 Å². The molecule has 0 heterocycles. The van der Waals surface area contributed by atoms with Crippen molar-refractivity contribution in [3.05, 3.63) is 179 Å². The summed E-state index contributed by atoms with van der Waals surface area (Å²) < 4.78 is 0. The maximum Gasteiger partial charge on any atom is 0.0159 e. The monoisotopic (exact) mass is 694 g/mol. The third kappa shape index (κ3) is 4.69. The van der Waals surface area contributed by atoms with Gasteiger partial charge in [0, 0.05) is 10.8 Å². The first-order valence-corrected chi connectivity index (χ1v) is 19.5. The zero-order valence-electron chi connectivity index (χ0n) is 32.4. The van der Waals surface area contributed by atoms with Crippen molar-refractivity contribution in [2.75, 3.05) is 0 Å².